The van der Waals surface area contributed by atoms with Gasteiger partial charge < -0.3 is 9.26 Å². The van der Waals surface area contributed by atoms with Gasteiger partial charge in [0, 0.05) is 24.2 Å². The molecule has 2 aromatic rings. The Kier molecular flexibility index (Phi) is 6.92. The molecule has 0 bridgehead atoms. The highest BCUT2D eigenvalue weighted by atomic mass is 32.2. The van der Waals surface area contributed by atoms with Gasteiger partial charge >= 0.3 is 5.97 Å². The van der Waals surface area contributed by atoms with Crippen molar-refractivity contribution in [2.24, 2.45) is 5.92 Å². The minimum Gasteiger partial charge on any atom is -0.456 e. The number of carbonyl (C=O) groups excluding carboxylic acids is 1. The standard InChI is InChI=1S/C17H24N4O3S/c1-10(2)8-14-20-15(24-21-14)9-23-16(22)7-6-13-11(3)18-17(25-5)19-12(13)4/h10H,6-9H2,1-5H3. The largest absolute Gasteiger partial charge is 0.456 e. The van der Waals surface area contributed by atoms with Crippen LogP contribution in [0.5, 0.6) is 0 Å². The van der Waals surface area contributed by atoms with Gasteiger partial charge in [-0.3, -0.25) is 4.79 Å². The molecule has 25 heavy (non-hydrogen) atoms. The summed E-state index contributed by atoms with van der Waals surface area (Å²) in [5, 5.41) is 4.62. The van der Waals surface area contributed by atoms with Crippen LogP contribution in [0.3, 0.4) is 0 Å². The molecule has 0 aliphatic heterocycles. The van der Waals surface area contributed by atoms with Crippen LogP contribution in [0.15, 0.2) is 9.68 Å². The zero-order chi connectivity index (χ0) is 18.4. The smallest absolute Gasteiger partial charge is 0.306 e. The molecule has 8 heteroatoms. The molecule has 2 rings (SSSR count). The van der Waals surface area contributed by atoms with Crippen LogP contribution in [0.2, 0.25) is 0 Å². The maximum Gasteiger partial charge on any atom is 0.306 e. The van der Waals surface area contributed by atoms with Gasteiger partial charge in [0.25, 0.3) is 5.89 Å². The highest BCUT2D eigenvalue weighted by Gasteiger charge is 2.13. The second-order valence-electron chi connectivity index (χ2n) is 6.22. The number of rotatable bonds is 8. The number of esters is 1. The predicted octanol–water partition coefficient (Wildman–Crippen LogP) is 3.07. The summed E-state index contributed by atoms with van der Waals surface area (Å²) < 4.78 is 10.3. The van der Waals surface area contributed by atoms with E-state index in [9.17, 15) is 4.79 Å². The summed E-state index contributed by atoms with van der Waals surface area (Å²) in [7, 11) is 0. The summed E-state index contributed by atoms with van der Waals surface area (Å²) in [6.07, 6.45) is 3.49. The average molecular weight is 364 g/mol. The van der Waals surface area contributed by atoms with Gasteiger partial charge in [-0.2, -0.15) is 4.98 Å². The third-order valence-electron chi connectivity index (χ3n) is 3.62. The minimum absolute atomic E-state index is 0.00378. The molecule has 2 heterocycles. The van der Waals surface area contributed by atoms with Crippen molar-refractivity contribution in [3.05, 3.63) is 28.7 Å². The number of ether oxygens (including phenoxy) is 1. The molecular formula is C17H24N4O3S. The lowest BCUT2D eigenvalue weighted by molar-refractivity contribution is -0.145. The average Bonchev–Trinajstić information content (AvgIpc) is 2.98. The molecular weight excluding hydrogens is 340 g/mol. The molecule has 7 nitrogen and oxygen atoms in total. The zero-order valence-corrected chi connectivity index (χ0v) is 16.1. The summed E-state index contributed by atoms with van der Waals surface area (Å²) in [5.41, 5.74) is 2.80. The quantitative estimate of drug-likeness (QED) is 0.401. The van der Waals surface area contributed by atoms with Crippen LogP contribution < -0.4 is 0 Å². The van der Waals surface area contributed by atoms with Crippen LogP contribution in [0, 0.1) is 19.8 Å². The molecule has 0 unspecified atom stereocenters. The third-order valence-corrected chi connectivity index (χ3v) is 4.17. The van der Waals surface area contributed by atoms with E-state index in [2.05, 4.69) is 34.0 Å². The number of aromatic nitrogens is 4. The molecule has 0 amide bonds. The molecule has 136 valence electrons. The van der Waals surface area contributed by atoms with Crippen LogP contribution in [0.4, 0.5) is 0 Å². The Hall–Kier alpha value is -1.96. The molecule has 0 atom stereocenters. The molecule has 0 aliphatic rings. The molecule has 0 radical (unpaired) electrons. The number of nitrogens with zero attached hydrogens (tertiary/aromatic N) is 4. The zero-order valence-electron chi connectivity index (χ0n) is 15.3. The van der Waals surface area contributed by atoms with E-state index in [0.717, 1.165) is 28.5 Å². The van der Waals surface area contributed by atoms with Crippen LogP contribution in [0.25, 0.3) is 0 Å². The fraction of sp³-hybridized carbons (Fsp3) is 0.588. The maximum absolute atomic E-state index is 12.0. The number of thioether (sulfide) groups is 1. The number of hydrogen-bond acceptors (Lipinski definition) is 8. The van der Waals surface area contributed by atoms with Gasteiger partial charge in [0.1, 0.15) is 0 Å². The van der Waals surface area contributed by atoms with Crippen LogP contribution in [-0.4, -0.2) is 32.3 Å². The van der Waals surface area contributed by atoms with E-state index < -0.39 is 0 Å². The second kappa shape index (κ2) is 8.94. The van der Waals surface area contributed by atoms with Crippen LogP contribution >= 0.6 is 11.8 Å². The Labute approximate surface area is 152 Å². The molecule has 0 aliphatic carbocycles. The molecule has 0 N–H and O–H groups in total. The van der Waals surface area contributed by atoms with Gasteiger partial charge in [-0.1, -0.05) is 30.8 Å². The van der Waals surface area contributed by atoms with E-state index in [0.29, 0.717) is 24.1 Å². The SMILES string of the molecule is CSc1nc(C)c(CCC(=O)OCc2nc(CC(C)C)no2)c(C)n1. The maximum atomic E-state index is 12.0. The van der Waals surface area contributed by atoms with Crippen molar-refractivity contribution in [2.45, 2.75) is 58.7 Å². The summed E-state index contributed by atoms with van der Waals surface area (Å²) in [4.78, 5) is 25.0. The first-order valence-corrected chi connectivity index (χ1v) is 9.46. The Morgan fingerprint density at radius 1 is 1.20 bits per heavy atom. The van der Waals surface area contributed by atoms with Crippen molar-refractivity contribution in [2.75, 3.05) is 6.26 Å². The highest BCUT2D eigenvalue weighted by molar-refractivity contribution is 7.98. The van der Waals surface area contributed by atoms with Gasteiger partial charge in [-0.25, -0.2) is 9.97 Å². The monoisotopic (exact) mass is 364 g/mol. The van der Waals surface area contributed by atoms with E-state index in [1.54, 1.807) is 0 Å². The fourth-order valence-electron chi connectivity index (χ4n) is 2.40. The Morgan fingerprint density at radius 3 is 2.48 bits per heavy atom. The van der Waals surface area contributed by atoms with Crippen molar-refractivity contribution in [3.8, 4) is 0 Å². The number of aryl methyl sites for hydroxylation is 2. The Balaban J connectivity index is 1.84. The van der Waals surface area contributed by atoms with E-state index in [-0.39, 0.29) is 19.0 Å². The summed E-state index contributed by atoms with van der Waals surface area (Å²) in [5.74, 6) is 1.10. The van der Waals surface area contributed by atoms with E-state index >= 15 is 0 Å². The second-order valence-corrected chi connectivity index (χ2v) is 7.00. The van der Waals surface area contributed by atoms with Crippen LogP contribution in [0.1, 0.15) is 48.9 Å². The van der Waals surface area contributed by atoms with Crippen molar-refractivity contribution in [3.63, 3.8) is 0 Å². The first kappa shape index (κ1) is 19.4. The van der Waals surface area contributed by atoms with E-state index in [1.165, 1.54) is 11.8 Å². The van der Waals surface area contributed by atoms with Crippen molar-refractivity contribution in [1.29, 1.82) is 0 Å². The van der Waals surface area contributed by atoms with Gasteiger partial charge in [-0.15, -0.1) is 0 Å². The van der Waals surface area contributed by atoms with Gasteiger partial charge in [0.15, 0.2) is 17.6 Å². The lowest BCUT2D eigenvalue weighted by Gasteiger charge is -2.09. The lowest BCUT2D eigenvalue weighted by atomic mass is 10.1. The predicted molar refractivity (Wildman–Crippen MR) is 94.2 cm³/mol. The third kappa shape index (κ3) is 5.81. The fourth-order valence-corrected chi connectivity index (χ4v) is 2.86. The molecule has 2 aromatic heterocycles. The summed E-state index contributed by atoms with van der Waals surface area (Å²) >= 11 is 1.50. The number of carbonyl (C=O) groups is 1. The van der Waals surface area contributed by atoms with Crippen LogP contribution in [-0.2, 0) is 29.0 Å². The lowest BCUT2D eigenvalue weighted by Crippen LogP contribution is -2.09. The van der Waals surface area contributed by atoms with Crippen molar-refractivity contribution < 1.29 is 14.1 Å². The Bertz CT molecular complexity index is 707. The molecule has 0 aromatic carbocycles. The highest BCUT2D eigenvalue weighted by Crippen LogP contribution is 2.17. The van der Waals surface area contributed by atoms with Gasteiger partial charge in [0.2, 0.25) is 0 Å². The topological polar surface area (TPSA) is 91.0 Å². The number of hydrogen-bond donors (Lipinski definition) is 0. The van der Waals surface area contributed by atoms with Gasteiger partial charge in [0.05, 0.1) is 0 Å². The normalized spacial score (nSPS) is 11.1. The van der Waals surface area contributed by atoms with Crippen molar-refractivity contribution >= 4 is 17.7 Å². The summed E-state index contributed by atoms with van der Waals surface area (Å²) in [6, 6.07) is 0. The minimum atomic E-state index is -0.309. The van der Waals surface area contributed by atoms with E-state index in [4.69, 9.17) is 9.26 Å². The molecule has 0 saturated heterocycles. The van der Waals surface area contributed by atoms with Crippen molar-refractivity contribution in [1.82, 2.24) is 20.1 Å². The first-order valence-electron chi connectivity index (χ1n) is 8.24. The Morgan fingerprint density at radius 2 is 1.88 bits per heavy atom. The molecule has 0 saturated carbocycles. The molecule has 0 fully saturated rings. The molecule has 0 spiro atoms. The first-order chi connectivity index (χ1) is 11.9. The summed E-state index contributed by atoms with van der Waals surface area (Å²) in [6.45, 7) is 8.03. The van der Waals surface area contributed by atoms with Gasteiger partial charge in [-0.05, 0) is 38.0 Å². The van der Waals surface area contributed by atoms with E-state index in [1.807, 2.05) is 20.1 Å².